The van der Waals surface area contributed by atoms with E-state index in [0.717, 1.165) is 0 Å². The largest absolute Gasteiger partial charge is 0.395 e. The summed E-state index contributed by atoms with van der Waals surface area (Å²) in [5, 5.41) is 53.5. The summed E-state index contributed by atoms with van der Waals surface area (Å²) in [5.74, 6) is 0. The van der Waals surface area contributed by atoms with E-state index in [1.54, 1.807) is 0 Å². The van der Waals surface area contributed by atoms with E-state index in [1.165, 1.54) is 0 Å². The van der Waals surface area contributed by atoms with Crippen molar-refractivity contribution in [1.29, 1.82) is 0 Å². The van der Waals surface area contributed by atoms with Crippen molar-refractivity contribution in [1.82, 2.24) is 0 Å². The maximum atomic E-state index is 9.15. The molecule has 0 saturated carbocycles. The molecule has 0 fully saturated rings. The van der Waals surface area contributed by atoms with Crippen LogP contribution in [-0.2, 0) is 0 Å². The first-order valence-electron chi connectivity index (χ1n) is 3.93. The van der Waals surface area contributed by atoms with Crippen molar-refractivity contribution < 1.29 is 30.6 Å². The highest BCUT2D eigenvalue weighted by Gasteiger charge is 2.32. The van der Waals surface area contributed by atoms with E-state index in [4.69, 9.17) is 30.6 Å². The Hall–Kier alpha value is -0.0231. The maximum Gasteiger partial charge on any atom is 0.111 e. The second-order valence-electron chi connectivity index (χ2n) is 2.96. The van der Waals surface area contributed by atoms with E-state index in [9.17, 15) is 0 Å². The van der Waals surface area contributed by atoms with E-state index >= 15 is 0 Å². The molecule has 6 N–H and O–H groups in total. The van der Waals surface area contributed by atoms with Gasteiger partial charge in [0.1, 0.15) is 24.4 Å². The molecular formula is C6H16O6Si. The topological polar surface area (TPSA) is 121 Å². The van der Waals surface area contributed by atoms with Gasteiger partial charge >= 0.3 is 0 Å². The van der Waals surface area contributed by atoms with Gasteiger partial charge in [-0.3, -0.25) is 0 Å². The van der Waals surface area contributed by atoms with E-state index in [1.807, 2.05) is 0 Å². The number of aliphatic hydroxyl groups is 6. The molecule has 0 aliphatic heterocycles. The molecule has 0 aromatic rings. The Morgan fingerprint density at radius 1 is 0.846 bits per heavy atom. The van der Waals surface area contributed by atoms with Gasteiger partial charge in [-0.25, -0.2) is 0 Å². The first-order chi connectivity index (χ1) is 5.91. The lowest BCUT2D eigenvalue weighted by Crippen LogP contribution is -2.50. The van der Waals surface area contributed by atoms with Gasteiger partial charge in [-0.2, -0.15) is 0 Å². The van der Waals surface area contributed by atoms with Gasteiger partial charge in [-0.1, -0.05) is 0 Å². The summed E-state index contributed by atoms with van der Waals surface area (Å²) in [6, 6.07) is 0. The second kappa shape index (κ2) is 5.65. The highest BCUT2D eigenvalue weighted by Crippen LogP contribution is 2.06. The molecule has 6 nitrogen and oxygen atoms in total. The van der Waals surface area contributed by atoms with Crippen molar-refractivity contribution in [2.75, 3.05) is 6.61 Å². The van der Waals surface area contributed by atoms with Crippen molar-refractivity contribution in [3.63, 3.8) is 0 Å². The minimum absolute atomic E-state index is 0.234. The van der Waals surface area contributed by atoms with Crippen LogP contribution in [0.1, 0.15) is 0 Å². The van der Waals surface area contributed by atoms with Crippen molar-refractivity contribution >= 4 is 10.2 Å². The van der Waals surface area contributed by atoms with Crippen LogP contribution in [0.4, 0.5) is 0 Å². The SMILES string of the molecule is OC[C@@H](O)[C@@H](O)[C@H](O)[C@@H](O)C(O)[SiH3]. The van der Waals surface area contributed by atoms with E-state index < -0.39 is 36.7 Å². The third-order valence-electron chi connectivity index (χ3n) is 1.78. The first kappa shape index (κ1) is 13.0. The molecule has 0 aliphatic rings. The molecule has 1 unspecified atom stereocenters. The minimum Gasteiger partial charge on any atom is -0.395 e. The van der Waals surface area contributed by atoms with Gasteiger partial charge in [-0.05, 0) is 0 Å². The molecule has 0 aromatic heterocycles. The Bertz CT molecular complexity index is 143. The minimum atomic E-state index is -1.66. The van der Waals surface area contributed by atoms with Crippen LogP contribution in [0.2, 0.25) is 0 Å². The fraction of sp³-hybridized carbons (Fsp3) is 1.00. The average molecular weight is 212 g/mol. The molecule has 0 spiro atoms. The third kappa shape index (κ3) is 3.69. The molecule has 0 saturated heterocycles. The molecule has 0 rings (SSSR count). The zero-order chi connectivity index (χ0) is 10.6. The van der Waals surface area contributed by atoms with Crippen molar-refractivity contribution in [3.05, 3.63) is 0 Å². The van der Waals surface area contributed by atoms with Crippen molar-refractivity contribution in [3.8, 4) is 0 Å². The molecule has 13 heavy (non-hydrogen) atoms. The lowest BCUT2D eigenvalue weighted by atomic mass is 10.0. The van der Waals surface area contributed by atoms with Crippen LogP contribution in [0.3, 0.4) is 0 Å². The molecular weight excluding hydrogens is 196 g/mol. The summed E-state index contributed by atoms with van der Waals surface area (Å²) in [7, 11) is 0.234. The Balaban J connectivity index is 4.15. The van der Waals surface area contributed by atoms with E-state index in [-0.39, 0.29) is 10.2 Å². The predicted molar refractivity (Wildman–Crippen MR) is 47.1 cm³/mol. The Morgan fingerprint density at radius 2 is 1.31 bits per heavy atom. The van der Waals surface area contributed by atoms with Gasteiger partial charge in [0.25, 0.3) is 0 Å². The third-order valence-corrected chi connectivity index (χ3v) is 2.46. The number of aliphatic hydroxyl groups excluding tert-OH is 6. The summed E-state index contributed by atoms with van der Waals surface area (Å²) in [5.41, 5.74) is -1.09. The molecule has 0 amide bonds. The number of hydrogen-bond acceptors (Lipinski definition) is 6. The number of hydrogen-bond donors (Lipinski definition) is 6. The molecule has 0 heterocycles. The molecule has 7 heteroatoms. The monoisotopic (exact) mass is 212 g/mol. The quantitative estimate of drug-likeness (QED) is 0.254. The summed E-state index contributed by atoms with van der Waals surface area (Å²) < 4.78 is 0. The average Bonchev–Trinajstić information content (AvgIpc) is 2.12. The smallest absolute Gasteiger partial charge is 0.111 e. The normalized spacial score (nSPS) is 23.5. The van der Waals surface area contributed by atoms with Gasteiger partial charge in [-0.15, -0.1) is 0 Å². The Kier molecular flexibility index (Phi) is 5.64. The molecule has 0 radical (unpaired) electrons. The molecule has 0 aromatic carbocycles. The van der Waals surface area contributed by atoms with E-state index in [2.05, 4.69) is 0 Å². The fourth-order valence-electron chi connectivity index (χ4n) is 0.823. The number of rotatable bonds is 5. The summed E-state index contributed by atoms with van der Waals surface area (Å²) in [6.45, 7) is -0.720. The molecule has 5 atom stereocenters. The maximum absolute atomic E-state index is 9.15. The molecule has 80 valence electrons. The van der Waals surface area contributed by atoms with Crippen LogP contribution in [0.25, 0.3) is 0 Å². The van der Waals surface area contributed by atoms with Gasteiger partial charge in [0, 0.05) is 10.2 Å². The highest BCUT2D eigenvalue weighted by molar-refractivity contribution is 6.11. The molecule has 0 aliphatic carbocycles. The van der Waals surface area contributed by atoms with Crippen LogP contribution in [-0.4, -0.2) is 77.6 Å². The lowest BCUT2D eigenvalue weighted by Gasteiger charge is -2.26. The first-order valence-corrected chi connectivity index (χ1v) is 5.08. The standard InChI is InChI=1S/C6H16O6Si/c7-1-2(8)3(9)4(10)5(11)6(12)13/h2-12H,1H2,13H3/t2-,3-,4+,5-,6?/m1/s1. The molecule has 0 bridgehead atoms. The van der Waals surface area contributed by atoms with Crippen LogP contribution < -0.4 is 0 Å². The van der Waals surface area contributed by atoms with Gasteiger partial charge in [0.15, 0.2) is 0 Å². The fourth-order valence-corrected chi connectivity index (χ4v) is 1.22. The summed E-state index contributed by atoms with van der Waals surface area (Å²) in [4.78, 5) is 0. The van der Waals surface area contributed by atoms with Gasteiger partial charge in [0.05, 0.1) is 12.3 Å². The van der Waals surface area contributed by atoms with Crippen LogP contribution in [0.15, 0.2) is 0 Å². The zero-order valence-electron chi connectivity index (χ0n) is 7.28. The highest BCUT2D eigenvalue weighted by atomic mass is 28.1. The summed E-state index contributed by atoms with van der Waals surface area (Å²) in [6.07, 6.45) is -6.34. The lowest BCUT2D eigenvalue weighted by molar-refractivity contribution is -0.129. The predicted octanol–water partition coefficient (Wildman–Crippen LogP) is -4.89. The van der Waals surface area contributed by atoms with Gasteiger partial charge in [0.2, 0.25) is 0 Å². The second-order valence-corrected chi connectivity index (χ2v) is 4.15. The van der Waals surface area contributed by atoms with Crippen LogP contribution >= 0.6 is 0 Å². The van der Waals surface area contributed by atoms with E-state index in [0.29, 0.717) is 0 Å². The van der Waals surface area contributed by atoms with Crippen LogP contribution in [0, 0.1) is 0 Å². The van der Waals surface area contributed by atoms with Crippen molar-refractivity contribution in [2.24, 2.45) is 0 Å². The summed E-state index contributed by atoms with van der Waals surface area (Å²) >= 11 is 0. The van der Waals surface area contributed by atoms with Crippen LogP contribution in [0.5, 0.6) is 0 Å². The Morgan fingerprint density at radius 3 is 1.62 bits per heavy atom. The zero-order valence-corrected chi connectivity index (χ0v) is 9.28. The van der Waals surface area contributed by atoms with Gasteiger partial charge < -0.3 is 30.6 Å². The Labute approximate surface area is 78.5 Å². The van der Waals surface area contributed by atoms with Crippen molar-refractivity contribution in [2.45, 2.75) is 30.1 Å².